The van der Waals surface area contributed by atoms with E-state index < -0.39 is 19.2 Å². The van der Waals surface area contributed by atoms with E-state index in [-0.39, 0.29) is 0 Å². The maximum absolute atomic E-state index is 8.67. The normalized spacial score (nSPS) is 13.3. The number of nitrogens with zero attached hydrogens (tertiary/aromatic N) is 1. The Balaban J connectivity index is 1.92. The van der Waals surface area contributed by atoms with Crippen LogP contribution in [0.15, 0.2) is 54.7 Å². The molecule has 2 aromatic heterocycles. The number of benzene rings is 2. The van der Waals surface area contributed by atoms with E-state index in [4.69, 9.17) is 6.35 Å². The van der Waals surface area contributed by atoms with Gasteiger partial charge in [-0.05, 0) is 0 Å². The molecule has 0 saturated carbocycles. The van der Waals surface area contributed by atoms with Gasteiger partial charge in [0.25, 0.3) is 0 Å². The molecule has 0 N–H and O–H groups in total. The van der Waals surface area contributed by atoms with E-state index in [1.165, 1.54) is 24.6 Å². The number of hydrogen-bond acceptors (Lipinski definition) is 2. The summed E-state index contributed by atoms with van der Waals surface area (Å²) < 4.78 is 12.6. The molecule has 2 aromatic carbocycles. The summed E-state index contributed by atoms with van der Waals surface area (Å²) in [6, 6.07) is 17.4. The van der Waals surface area contributed by atoms with Gasteiger partial charge in [0.1, 0.15) is 0 Å². The van der Waals surface area contributed by atoms with Crippen molar-refractivity contribution in [2.75, 3.05) is 0 Å². The molecule has 0 saturated heterocycles. The summed E-state index contributed by atoms with van der Waals surface area (Å²) in [6.45, 7) is 3.97. The van der Waals surface area contributed by atoms with Crippen LogP contribution in [0.3, 0.4) is 0 Å². The van der Waals surface area contributed by atoms with Crippen LogP contribution in [0.1, 0.15) is 26.7 Å². The van der Waals surface area contributed by atoms with Gasteiger partial charge in [-0.2, -0.15) is 0 Å². The zero-order chi connectivity index (χ0) is 19.4. The summed E-state index contributed by atoms with van der Waals surface area (Å²) in [6.07, 6.45) is 2.05. The van der Waals surface area contributed by atoms with Gasteiger partial charge in [0.2, 0.25) is 0 Å². The molecule has 26 heavy (non-hydrogen) atoms. The average molecular weight is 421 g/mol. The summed E-state index contributed by atoms with van der Waals surface area (Å²) in [4.78, 5) is 4.83. The third-order valence-electron chi connectivity index (χ3n) is 4.92. The zero-order valence-electron chi connectivity index (χ0n) is 17.1. The van der Waals surface area contributed by atoms with Crippen LogP contribution in [0.25, 0.3) is 31.4 Å². The van der Waals surface area contributed by atoms with E-state index in [2.05, 4.69) is 72.0 Å². The Morgan fingerprint density at radius 3 is 2.42 bits per heavy atom. The molecule has 2 heterocycles. The van der Waals surface area contributed by atoms with Crippen molar-refractivity contribution in [3.05, 3.63) is 60.3 Å². The minimum absolute atomic E-state index is 0.620. The van der Waals surface area contributed by atoms with Crippen LogP contribution < -0.4 is 4.40 Å². The van der Waals surface area contributed by atoms with Gasteiger partial charge >= 0.3 is 164 Å². The van der Waals surface area contributed by atoms with E-state index in [1.54, 1.807) is 0 Å². The second-order valence-electron chi connectivity index (χ2n) is 8.17. The van der Waals surface area contributed by atoms with Crippen LogP contribution in [0.4, 0.5) is 0 Å². The standard InChI is InChI=1S/C23H25GeNS/c1-15(2)18-13-21(25-14-20(18)24(3,4)5)16-10-11-23-19(12-16)17-8-6-7-9-22(17)26-23/h6-15H,1-5H3/i15D. The van der Waals surface area contributed by atoms with Crippen molar-refractivity contribution < 1.29 is 1.37 Å². The Bertz CT molecular complexity index is 1150. The van der Waals surface area contributed by atoms with Gasteiger partial charge in [0.05, 0.1) is 0 Å². The summed E-state index contributed by atoms with van der Waals surface area (Å²) in [5, 5.41) is 2.60. The second kappa shape index (κ2) is 6.50. The summed E-state index contributed by atoms with van der Waals surface area (Å²) >= 11 is -0.260. The molecule has 0 spiro atoms. The number of aromatic nitrogens is 1. The molecule has 0 aliphatic heterocycles. The molecule has 4 rings (SSSR count). The fourth-order valence-corrected chi connectivity index (χ4v) is 7.92. The fourth-order valence-electron chi connectivity index (χ4n) is 3.51. The molecule has 132 valence electrons. The minimum atomic E-state index is -2.10. The Morgan fingerprint density at radius 1 is 0.962 bits per heavy atom. The first-order valence-corrected chi connectivity index (χ1v) is 17.2. The van der Waals surface area contributed by atoms with Crippen molar-refractivity contribution in [2.24, 2.45) is 0 Å². The van der Waals surface area contributed by atoms with Crippen LogP contribution in [-0.2, 0) is 0 Å². The van der Waals surface area contributed by atoms with Gasteiger partial charge in [-0.1, -0.05) is 0 Å². The quantitative estimate of drug-likeness (QED) is 0.332. The molecule has 3 heteroatoms. The summed E-state index contributed by atoms with van der Waals surface area (Å²) in [7, 11) is 0. The first kappa shape index (κ1) is 16.5. The summed E-state index contributed by atoms with van der Waals surface area (Å²) in [5.41, 5.74) is 3.23. The number of pyridine rings is 1. The molecular formula is C23H25GeNS. The Hall–Kier alpha value is -1.65. The number of rotatable bonds is 3. The number of thiophene rings is 1. The molecule has 0 radical (unpaired) electrons. The molecule has 0 unspecified atom stereocenters. The second-order valence-corrected chi connectivity index (χ2v) is 19.8. The van der Waals surface area contributed by atoms with Crippen molar-refractivity contribution >= 4 is 49.2 Å². The molecular weight excluding hydrogens is 395 g/mol. The van der Waals surface area contributed by atoms with E-state index >= 15 is 0 Å². The van der Waals surface area contributed by atoms with E-state index in [0.29, 0.717) is 0 Å². The third-order valence-corrected chi connectivity index (χ3v) is 10.3. The van der Waals surface area contributed by atoms with Crippen LogP contribution in [-0.4, -0.2) is 18.3 Å². The average Bonchev–Trinajstić information content (AvgIpc) is 2.97. The molecule has 0 fully saturated rings. The van der Waals surface area contributed by atoms with Gasteiger partial charge < -0.3 is 0 Å². The maximum atomic E-state index is 8.67. The first-order chi connectivity index (χ1) is 12.6. The van der Waals surface area contributed by atoms with Crippen LogP contribution in [0.5, 0.6) is 0 Å². The SMILES string of the molecule is [2H]C(C)(C)c1cc(-c2ccc3sc4ccccc4c3c2)nc[c]1[Ge]([CH3])([CH3])[CH3]. The third kappa shape index (κ3) is 3.10. The van der Waals surface area contributed by atoms with Gasteiger partial charge in [-0.15, -0.1) is 0 Å². The molecule has 0 amide bonds. The number of hydrogen-bond donors (Lipinski definition) is 0. The Kier molecular flexibility index (Phi) is 4.13. The van der Waals surface area contributed by atoms with Gasteiger partial charge in [0.15, 0.2) is 0 Å². The van der Waals surface area contributed by atoms with Gasteiger partial charge in [-0.25, -0.2) is 0 Å². The van der Waals surface area contributed by atoms with E-state index in [9.17, 15) is 0 Å². The van der Waals surface area contributed by atoms with Crippen molar-refractivity contribution in [2.45, 2.75) is 37.0 Å². The van der Waals surface area contributed by atoms with Crippen LogP contribution in [0, 0.1) is 0 Å². The number of fused-ring (bicyclic) bond motifs is 3. The van der Waals surface area contributed by atoms with Crippen molar-refractivity contribution in [3.63, 3.8) is 0 Å². The first-order valence-electron chi connectivity index (χ1n) is 9.57. The molecule has 4 aromatic rings. The molecule has 0 aliphatic carbocycles. The molecule has 0 bridgehead atoms. The Labute approximate surface area is 163 Å². The molecule has 0 aliphatic rings. The van der Waals surface area contributed by atoms with Crippen molar-refractivity contribution in [1.29, 1.82) is 0 Å². The van der Waals surface area contributed by atoms with Crippen molar-refractivity contribution in [3.8, 4) is 11.3 Å². The molecule has 1 nitrogen and oxygen atoms in total. The predicted molar refractivity (Wildman–Crippen MR) is 120 cm³/mol. The van der Waals surface area contributed by atoms with Crippen molar-refractivity contribution in [1.82, 2.24) is 4.98 Å². The van der Waals surface area contributed by atoms with Crippen LogP contribution >= 0.6 is 11.3 Å². The topological polar surface area (TPSA) is 12.9 Å². The zero-order valence-corrected chi connectivity index (χ0v) is 19.0. The van der Waals surface area contributed by atoms with Gasteiger partial charge in [0, 0.05) is 0 Å². The summed E-state index contributed by atoms with van der Waals surface area (Å²) in [5.74, 6) is 6.49. The predicted octanol–water partition coefficient (Wildman–Crippen LogP) is 6.79. The molecule has 0 atom stereocenters. The monoisotopic (exact) mass is 422 g/mol. The van der Waals surface area contributed by atoms with Gasteiger partial charge in [-0.3, -0.25) is 0 Å². The Morgan fingerprint density at radius 2 is 1.69 bits per heavy atom. The fraction of sp³-hybridized carbons (Fsp3) is 0.261. The van der Waals surface area contributed by atoms with E-state index in [1.807, 2.05) is 25.2 Å². The van der Waals surface area contributed by atoms with Crippen LogP contribution in [0.2, 0.25) is 17.3 Å². The van der Waals surface area contributed by atoms with E-state index in [0.717, 1.165) is 16.8 Å².